The van der Waals surface area contributed by atoms with Gasteiger partial charge in [-0.1, -0.05) is 41.2 Å². The number of thioether (sulfide) groups is 2. The Morgan fingerprint density at radius 3 is 2.70 bits per heavy atom. The fourth-order valence-corrected chi connectivity index (χ4v) is 4.42. The van der Waals surface area contributed by atoms with Crippen LogP contribution in [0.1, 0.15) is 12.0 Å². The van der Waals surface area contributed by atoms with Gasteiger partial charge in [-0.3, -0.25) is 14.6 Å². The number of imide groups is 1. The van der Waals surface area contributed by atoms with Crippen LogP contribution in [0.2, 0.25) is 0 Å². The van der Waals surface area contributed by atoms with Crippen LogP contribution in [0.15, 0.2) is 29.3 Å². The molecule has 2 aliphatic rings. The van der Waals surface area contributed by atoms with Crippen molar-refractivity contribution in [1.82, 2.24) is 0 Å². The molecule has 1 aromatic rings. The van der Waals surface area contributed by atoms with Gasteiger partial charge in [0.25, 0.3) is 0 Å². The summed E-state index contributed by atoms with van der Waals surface area (Å²) in [4.78, 5) is 30.1. The molecule has 3 rings (SSSR count). The molecular weight excluding hydrogens is 292 g/mol. The second kappa shape index (κ2) is 5.61. The van der Waals surface area contributed by atoms with Crippen molar-refractivity contribution in [2.75, 3.05) is 17.2 Å². The largest absolute Gasteiger partial charge is 0.274 e. The summed E-state index contributed by atoms with van der Waals surface area (Å²) in [6.07, 6.45) is 0.261. The van der Waals surface area contributed by atoms with Gasteiger partial charge in [0.05, 0.1) is 12.2 Å². The quantitative estimate of drug-likeness (QED) is 0.788. The third-order valence-electron chi connectivity index (χ3n) is 3.20. The lowest BCUT2D eigenvalue weighted by molar-refractivity contribution is -0.121. The molecule has 2 heterocycles. The first kappa shape index (κ1) is 13.7. The van der Waals surface area contributed by atoms with Gasteiger partial charge in [-0.05, 0) is 19.1 Å². The van der Waals surface area contributed by atoms with Gasteiger partial charge in [0.1, 0.15) is 9.63 Å². The molecule has 20 heavy (non-hydrogen) atoms. The number of aliphatic imine (C=N–C) groups is 1. The van der Waals surface area contributed by atoms with E-state index in [0.717, 1.165) is 22.2 Å². The van der Waals surface area contributed by atoms with E-state index in [2.05, 4.69) is 4.99 Å². The molecule has 1 saturated heterocycles. The molecule has 6 heteroatoms. The third kappa shape index (κ3) is 2.62. The van der Waals surface area contributed by atoms with Gasteiger partial charge < -0.3 is 0 Å². The Labute approximate surface area is 126 Å². The molecule has 104 valence electrons. The van der Waals surface area contributed by atoms with E-state index in [9.17, 15) is 9.59 Å². The molecule has 1 unspecified atom stereocenters. The maximum absolute atomic E-state index is 12.4. The molecule has 4 nitrogen and oxygen atoms in total. The molecule has 2 amide bonds. The van der Waals surface area contributed by atoms with Gasteiger partial charge in [-0.15, -0.1) is 0 Å². The molecule has 0 spiro atoms. The lowest BCUT2D eigenvalue weighted by Gasteiger charge is -2.15. The lowest BCUT2D eigenvalue weighted by Crippen LogP contribution is -2.31. The van der Waals surface area contributed by atoms with Crippen LogP contribution in [0.3, 0.4) is 0 Å². The summed E-state index contributed by atoms with van der Waals surface area (Å²) in [6.45, 7) is 2.79. The molecule has 1 atom stereocenters. The van der Waals surface area contributed by atoms with Crippen LogP contribution in [-0.2, 0) is 9.59 Å². The summed E-state index contributed by atoms with van der Waals surface area (Å²) >= 11 is 3.09. The van der Waals surface area contributed by atoms with Crippen LogP contribution in [0, 0.1) is 6.92 Å². The Morgan fingerprint density at radius 2 is 2.05 bits per heavy atom. The van der Waals surface area contributed by atoms with Gasteiger partial charge >= 0.3 is 0 Å². The van der Waals surface area contributed by atoms with Crippen LogP contribution in [-0.4, -0.2) is 33.7 Å². The van der Waals surface area contributed by atoms with Crippen molar-refractivity contribution >= 4 is 45.4 Å². The van der Waals surface area contributed by atoms with Crippen molar-refractivity contribution in [2.45, 2.75) is 18.6 Å². The molecule has 0 aliphatic carbocycles. The Morgan fingerprint density at radius 1 is 1.30 bits per heavy atom. The first-order valence-electron chi connectivity index (χ1n) is 6.42. The predicted molar refractivity (Wildman–Crippen MR) is 84.4 cm³/mol. The second-order valence-corrected chi connectivity index (χ2v) is 7.24. The zero-order chi connectivity index (χ0) is 14.1. The van der Waals surface area contributed by atoms with E-state index in [1.54, 1.807) is 11.8 Å². The fourth-order valence-electron chi connectivity index (χ4n) is 2.17. The average molecular weight is 306 g/mol. The van der Waals surface area contributed by atoms with Crippen molar-refractivity contribution in [3.8, 4) is 0 Å². The Hall–Kier alpha value is -1.27. The highest BCUT2D eigenvalue weighted by Crippen LogP contribution is 2.34. The summed E-state index contributed by atoms with van der Waals surface area (Å²) in [5.41, 5.74) is 1.77. The number of anilines is 1. The van der Waals surface area contributed by atoms with E-state index in [0.29, 0.717) is 5.69 Å². The van der Waals surface area contributed by atoms with Crippen molar-refractivity contribution < 1.29 is 9.59 Å². The molecule has 1 fully saturated rings. The van der Waals surface area contributed by atoms with Gasteiger partial charge in [0.15, 0.2) is 0 Å². The van der Waals surface area contributed by atoms with E-state index in [4.69, 9.17) is 0 Å². The maximum Gasteiger partial charge on any atom is 0.247 e. The number of benzene rings is 1. The number of aryl methyl sites for hydroxylation is 1. The van der Waals surface area contributed by atoms with Gasteiger partial charge in [-0.25, -0.2) is 4.90 Å². The maximum atomic E-state index is 12.4. The highest BCUT2D eigenvalue weighted by atomic mass is 32.2. The molecule has 0 N–H and O–H groups in total. The van der Waals surface area contributed by atoms with E-state index < -0.39 is 0 Å². The van der Waals surface area contributed by atoms with Gasteiger partial charge in [0.2, 0.25) is 11.8 Å². The fraction of sp³-hybridized carbons (Fsp3) is 0.357. The number of amides is 2. The normalized spacial score (nSPS) is 22.6. The molecule has 1 aromatic carbocycles. The number of hydrogen-bond acceptors (Lipinski definition) is 5. The number of hydrogen-bond donors (Lipinski definition) is 0. The van der Waals surface area contributed by atoms with Crippen molar-refractivity contribution in [3.05, 3.63) is 29.8 Å². The van der Waals surface area contributed by atoms with E-state index >= 15 is 0 Å². The van der Waals surface area contributed by atoms with Crippen LogP contribution in [0.5, 0.6) is 0 Å². The first-order chi connectivity index (χ1) is 9.65. The van der Waals surface area contributed by atoms with Crippen molar-refractivity contribution in [1.29, 1.82) is 0 Å². The highest BCUT2D eigenvalue weighted by Gasteiger charge is 2.40. The summed E-state index contributed by atoms with van der Waals surface area (Å²) < 4.78 is 0.932. The number of nitrogens with zero attached hydrogens (tertiary/aromatic N) is 2. The third-order valence-corrected chi connectivity index (χ3v) is 5.59. The minimum Gasteiger partial charge on any atom is -0.274 e. The number of carbonyl (C=O) groups excluding carboxylic acids is 2. The zero-order valence-corrected chi connectivity index (χ0v) is 12.7. The van der Waals surface area contributed by atoms with Gasteiger partial charge in [0, 0.05) is 12.2 Å². The van der Waals surface area contributed by atoms with E-state index in [-0.39, 0.29) is 23.5 Å². The lowest BCUT2D eigenvalue weighted by atomic mass is 10.2. The topological polar surface area (TPSA) is 49.7 Å². The molecule has 0 aromatic heterocycles. The SMILES string of the molecule is Cc1ccc(N2C(=O)CC(SC3=NCCS3)C2=O)cc1. The number of carbonyl (C=O) groups is 2. The molecule has 0 saturated carbocycles. The van der Waals surface area contributed by atoms with Crippen LogP contribution >= 0.6 is 23.5 Å². The van der Waals surface area contributed by atoms with Crippen LogP contribution in [0.4, 0.5) is 5.69 Å². The standard InChI is InChI=1S/C14H14N2O2S2/c1-9-2-4-10(5-3-9)16-12(17)8-11(13(16)18)20-14-15-6-7-19-14/h2-5,11H,6-8H2,1H3. The van der Waals surface area contributed by atoms with Crippen molar-refractivity contribution in [3.63, 3.8) is 0 Å². The highest BCUT2D eigenvalue weighted by molar-refractivity contribution is 8.39. The molecule has 0 radical (unpaired) electrons. The van der Waals surface area contributed by atoms with Crippen LogP contribution < -0.4 is 4.90 Å². The minimum absolute atomic E-state index is 0.125. The molecular formula is C14H14N2O2S2. The zero-order valence-electron chi connectivity index (χ0n) is 11.0. The second-order valence-electron chi connectivity index (χ2n) is 4.71. The van der Waals surface area contributed by atoms with E-state index in [1.165, 1.54) is 16.7 Å². The Bertz CT molecular complexity index is 583. The monoisotopic (exact) mass is 306 g/mol. The smallest absolute Gasteiger partial charge is 0.247 e. The average Bonchev–Trinajstić information content (AvgIpc) is 3.02. The summed E-state index contributed by atoms with van der Waals surface area (Å²) in [5.74, 6) is 0.720. The predicted octanol–water partition coefficient (Wildman–Crippen LogP) is 2.46. The first-order valence-corrected chi connectivity index (χ1v) is 8.29. The molecule has 2 aliphatic heterocycles. The Balaban J connectivity index is 1.77. The summed E-state index contributed by atoms with van der Waals surface area (Å²) in [5, 5.41) is -0.326. The molecule has 0 bridgehead atoms. The van der Waals surface area contributed by atoms with Crippen molar-refractivity contribution in [2.24, 2.45) is 4.99 Å². The van der Waals surface area contributed by atoms with Crippen LogP contribution in [0.25, 0.3) is 0 Å². The van der Waals surface area contributed by atoms with E-state index in [1.807, 2.05) is 31.2 Å². The summed E-state index contributed by atoms with van der Waals surface area (Å²) in [7, 11) is 0. The Kier molecular flexibility index (Phi) is 3.85. The van der Waals surface area contributed by atoms with Gasteiger partial charge in [-0.2, -0.15) is 0 Å². The minimum atomic E-state index is -0.326. The number of rotatable bonds is 2. The summed E-state index contributed by atoms with van der Waals surface area (Å²) in [6, 6.07) is 7.46.